The lowest BCUT2D eigenvalue weighted by atomic mass is 10.0. The normalized spacial score (nSPS) is 19.2. The summed E-state index contributed by atoms with van der Waals surface area (Å²) >= 11 is 0. The van der Waals surface area contributed by atoms with Crippen molar-refractivity contribution in [2.75, 3.05) is 24.5 Å². The summed E-state index contributed by atoms with van der Waals surface area (Å²) in [6, 6.07) is 5.96. The van der Waals surface area contributed by atoms with E-state index in [0.29, 0.717) is 11.6 Å². The first-order chi connectivity index (χ1) is 9.13. The van der Waals surface area contributed by atoms with Crippen LogP contribution in [0, 0.1) is 17.0 Å². The number of nitro groups is 1. The van der Waals surface area contributed by atoms with E-state index >= 15 is 0 Å². The molecule has 1 saturated heterocycles. The first-order valence-electron chi connectivity index (χ1n) is 6.86. The Balaban J connectivity index is 2.27. The Kier molecular flexibility index (Phi) is 4.37. The van der Waals surface area contributed by atoms with Crippen molar-refractivity contribution in [3.8, 4) is 0 Å². The number of rotatable bonds is 4. The highest BCUT2D eigenvalue weighted by atomic mass is 16.6. The van der Waals surface area contributed by atoms with E-state index in [9.17, 15) is 10.1 Å². The molecule has 0 amide bonds. The topological polar surface area (TPSA) is 58.4 Å². The smallest absolute Gasteiger partial charge is 0.274 e. The molecule has 1 aliphatic heterocycles. The van der Waals surface area contributed by atoms with Gasteiger partial charge in [0.25, 0.3) is 5.69 Å². The molecule has 1 heterocycles. The van der Waals surface area contributed by atoms with Crippen molar-refractivity contribution < 1.29 is 4.92 Å². The highest BCUT2D eigenvalue weighted by Crippen LogP contribution is 2.27. The van der Waals surface area contributed by atoms with Gasteiger partial charge in [0.15, 0.2) is 0 Å². The second-order valence-corrected chi connectivity index (χ2v) is 5.01. The van der Waals surface area contributed by atoms with Crippen molar-refractivity contribution >= 4 is 11.4 Å². The first kappa shape index (κ1) is 13.8. The Bertz CT molecular complexity index is 456. The number of hydrogen-bond donors (Lipinski definition) is 1. The zero-order valence-corrected chi connectivity index (χ0v) is 11.6. The van der Waals surface area contributed by atoms with Crippen LogP contribution in [-0.2, 0) is 0 Å². The highest BCUT2D eigenvalue weighted by molar-refractivity contribution is 5.57. The van der Waals surface area contributed by atoms with E-state index in [2.05, 4.69) is 17.1 Å². The number of nitrogens with zero attached hydrogens (tertiary/aromatic N) is 2. The quantitative estimate of drug-likeness (QED) is 0.669. The van der Waals surface area contributed by atoms with Crippen molar-refractivity contribution in [3.63, 3.8) is 0 Å². The summed E-state index contributed by atoms with van der Waals surface area (Å²) in [7, 11) is 0. The van der Waals surface area contributed by atoms with Crippen LogP contribution >= 0.6 is 0 Å². The van der Waals surface area contributed by atoms with Gasteiger partial charge in [0.1, 0.15) is 0 Å². The van der Waals surface area contributed by atoms with Crippen molar-refractivity contribution in [3.05, 3.63) is 33.9 Å². The zero-order valence-electron chi connectivity index (χ0n) is 11.6. The average molecular weight is 263 g/mol. The molecule has 1 atom stereocenters. The monoisotopic (exact) mass is 263 g/mol. The summed E-state index contributed by atoms with van der Waals surface area (Å²) in [6.45, 7) is 6.77. The number of nitrogens with one attached hydrogen (secondary N) is 1. The molecular formula is C14H21N3O2. The molecule has 1 aromatic rings. The van der Waals surface area contributed by atoms with Crippen molar-refractivity contribution in [2.45, 2.75) is 32.7 Å². The second kappa shape index (κ2) is 6.02. The van der Waals surface area contributed by atoms with Gasteiger partial charge in [-0.25, -0.2) is 0 Å². The molecule has 0 saturated carbocycles. The zero-order chi connectivity index (χ0) is 13.8. The summed E-state index contributed by atoms with van der Waals surface area (Å²) in [6.07, 6.45) is 2.30. The minimum atomic E-state index is -0.300. The molecule has 1 aromatic carbocycles. The van der Waals surface area contributed by atoms with E-state index in [-0.39, 0.29) is 10.6 Å². The van der Waals surface area contributed by atoms with E-state index in [4.69, 9.17) is 0 Å². The number of likely N-dealkylation sites (N-methyl/N-ethyl adjacent to an activating group) is 1. The Hall–Kier alpha value is -1.62. The van der Waals surface area contributed by atoms with Gasteiger partial charge in [-0.2, -0.15) is 0 Å². The van der Waals surface area contributed by atoms with E-state index in [1.807, 2.05) is 12.1 Å². The van der Waals surface area contributed by atoms with Gasteiger partial charge >= 0.3 is 0 Å². The molecule has 1 fully saturated rings. The third-order valence-electron chi connectivity index (χ3n) is 3.77. The molecule has 1 N–H and O–H groups in total. The number of benzene rings is 1. The molecule has 1 unspecified atom stereocenters. The Morgan fingerprint density at radius 3 is 2.89 bits per heavy atom. The maximum atomic E-state index is 11.0. The fraction of sp³-hybridized carbons (Fsp3) is 0.571. The lowest BCUT2D eigenvalue weighted by molar-refractivity contribution is -0.385. The predicted octanol–water partition coefficient (Wildman–Crippen LogP) is 2.48. The summed E-state index contributed by atoms with van der Waals surface area (Å²) in [5, 5.41) is 14.4. The Labute approximate surface area is 113 Å². The molecule has 5 heteroatoms. The molecular weight excluding hydrogens is 242 g/mol. The van der Waals surface area contributed by atoms with E-state index < -0.39 is 0 Å². The number of aryl methyl sites for hydroxylation is 1. The van der Waals surface area contributed by atoms with Crippen LogP contribution in [0.5, 0.6) is 0 Å². The summed E-state index contributed by atoms with van der Waals surface area (Å²) in [4.78, 5) is 13.0. The molecule has 0 radical (unpaired) electrons. The van der Waals surface area contributed by atoms with Crippen LogP contribution in [0.2, 0.25) is 0 Å². The first-order valence-corrected chi connectivity index (χ1v) is 6.86. The van der Waals surface area contributed by atoms with Crippen LogP contribution in [-0.4, -0.2) is 30.6 Å². The fourth-order valence-electron chi connectivity index (χ4n) is 2.72. The summed E-state index contributed by atoms with van der Waals surface area (Å²) in [5.41, 5.74) is 1.87. The molecule has 5 nitrogen and oxygen atoms in total. The van der Waals surface area contributed by atoms with Crippen molar-refractivity contribution in [1.29, 1.82) is 0 Å². The van der Waals surface area contributed by atoms with Gasteiger partial charge < -0.3 is 10.2 Å². The maximum Gasteiger partial charge on any atom is 0.274 e. The number of hydrogen-bond acceptors (Lipinski definition) is 4. The van der Waals surface area contributed by atoms with E-state index in [1.54, 1.807) is 13.0 Å². The summed E-state index contributed by atoms with van der Waals surface area (Å²) < 4.78 is 0. The molecule has 19 heavy (non-hydrogen) atoms. The van der Waals surface area contributed by atoms with E-state index in [0.717, 1.165) is 38.2 Å². The molecule has 1 aliphatic rings. The Morgan fingerprint density at radius 2 is 2.32 bits per heavy atom. The van der Waals surface area contributed by atoms with E-state index in [1.165, 1.54) is 0 Å². The largest absolute Gasteiger partial charge is 0.367 e. The number of piperidine rings is 1. The van der Waals surface area contributed by atoms with Gasteiger partial charge in [-0.05, 0) is 39.3 Å². The number of nitro benzene ring substituents is 1. The minimum Gasteiger partial charge on any atom is -0.367 e. The molecule has 104 valence electrons. The SMILES string of the molecule is CCN(c1ccc(C)c([N+](=O)[O-])c1)C1CCCNC1. The second-order valence-electron chi connectivity index (χ2n) is 5.01. The van der Waals surface area contributed by atoms with Crippen LogP contribution in [0.1, 0.15) is 25.3 Å². The molecule has 0 aromatic heterocycles. The van der Waals surface area contributed by atoms with Gasteiger partial charge in [-0.3, -0.25) is 10.1 Å². The predicted molar refractivity (Wildman–Crippen MR) is 76.7 cm³/mol. The lowest BCUT2D eigenvalue weighted by Crippen LogP contribution is -2.46. The molecule has 0 spiro atoms. The van der Waals surface area contributed by atoms with Crippen LogP contribution in [0.3, 0.4) is 0 Å². The van der Waals surface area contributed by atoms with Crippen LogP contribution in [0.25, 0.3) is 0 Å². The van der Waals surface area contributed by atoms with Crippen LogP contribution < -0.4 is 10.2 Å². The van der Waals surface area contributed by atoms with Gasteiger partial charge in [-0.1, -0.05) is 6.07 Å². The summed E-state index contributed by atoms with van der Waals surface area (Å²) in [5.74, 6) is 0. The van der Waals surface area contributed by atoms with Gasteiger partial charge in [-0.15, -0.1) is 0 Å². The molecule has 2 rings (SSSR count). The highest BCUT2D eigenvalue weighted by Gasteiger charge is 2.22. The number of anilines is 1. The standard InChI is InChI=1S/C14H21N3O2/c1-3-16(13-5-4-8-15-10-13)12-7-6-11(2)14(9-12)17(18)19/h6-7,9,13,15H,3-5,8,10H2,1-2H3. The Morgan fingerprint density at radius 1 is 1.53 bits per heavy atom. The lowest BCUT2D eigenvalue weighted by Gasteiger charge is -2.35. The maximum absolute atomic E-state index is 11.0. The average Bonchev–Trinajstić information content (AvgIpc) is 2.42. The van der Waals surface area contributed by atoms with Crippen molar-refractivity contribution in [1.82, 2.24) is 5.32 Å². The molecule has 0 bridgehead atoms. The van der Waals surface area contributed by atoms with Gasteiger partial charge in [0, 0.05) is 36.4 Å². The van der Waals surface area contributed by atoms with Crippen LogP contribution in [0.4, 0.5) is 11.4 Å². The third-order valence-corrected chi connectivity index (χ3v) is 3.77. The molecule has 0 aliphatic carbocycles. The third kappa shape index (κ3) is 3.04. The van der Waals surface area contributed by atoms with Crippen LogP contribution in [0.15, 0.2) is 18.2 Å². The van der Waals surface area contributed by atoms with Gasteiger partial charge in [0.2, 0.25) is 0 Å². The van der Waals surface area contributed by atoms with Gasteiger partial charge in [0.05, 0.1) is 4.92 Å². The fourth-order valence-corrected chi connectivity index (χ4v) is 2.72. The minimum absolute atomic E-state index is 0.208. The van der Waals surface area contributed by atoms with Crippen molar-refractivity contribution in [2.24, 2.45) is 0 Å².